The number of nitrogens with one attached hydrogen (secondary N) is 1. The maximum absolute atomic E-state index is 12.6. The van der Waals surface area contributed by atoms with Crippen molar-refractivity contribution in [3.05, 3.63) is 63.3 Å². The number of hydrogen-bond donors (Lipinski definition) is 1. The fraction of sp³-hybridized carbons (Fsp3) is 0.364. The van der Waals surface area contributed by atoms with Gasteiger partial charge in [0.25, 0.3) is 5.91 Å². The predicted octanol–water partition coefficient (Wildman–Crippen LogP) is 4.08. The van der Waals surface area contributed by atoms with E-state index in [1.165, 1.54) is 29.7 Å². The minimum atomic E-state index is -0.138. The highest BCUT2D eigenvalue weighted by Gasteiger charge is 2.16. The topological polar surface area (TPSA) is 54.3 Å². The standard InChI is InChI=1S/C22H25N3O2S/c1-15-4-3-11-25(13-15)14-16-5-7-17(8-6-16)21(26)23-18-9-10-19-20(12-18)28-22(27)24(19)2/h5-10,12,15H,3-4,11,13-14H2,1-2H3,(H,23,26)/t15-/m1/s1. The number of fused-ring (bicyclic) bond motifs is 1. The zero-order chi connectivity index (χ0) is 19.7. The van der Waals surface area contributed by atoms with Gasteiger partial charge in [-0.05, 0) is 61.2 Å². The minimum absolute atomic E-state index is 0.00263. The molecule has 4 rings (SSSR count). The summed E-state index contributed by atoms with van der Waals surface area (Å²) < 4.78 is 2.49. The van der Waals surface area contributed by atoms with Crippen molar-refractivity contribution in [3.63, 3.8) is 0 Å². The lowest BCUT2D eigenvalue weighted by Crippen LogP contribution is -2.33. The first-order chi connectivity index (χ1) is 13.5. The third kappa shape index (κ3) is 4.03. The molecule has 2 heterocycles. The first kappa shape index (κ1) is 18.9. The second kappa shape index (κ2) is 7.89. The number of rotatable bonds is 4. The van der Waals surface area contributed by atoms with Crippen molar-refractivity contribution in [2.24, 2.45) is 13.0 Å². The van der Waals surface area contributed by atoms with Gasteiger partial charge < -0.3 is 9.88 Å². The van der Waals surface area contributed by atoms with Gasteiger partial charge in [-0.15, -0.1) is 0 Å². The molecule has 1 atom stereocenters. The number of carbonyl (C=O) groups is 1. The Morgan fingerprint density at radius 2 is 2.00 bits per heavy atom. The number of aromatic nitrogens is 1. The van der Waals surface area contributed by atoms with Crippen LogP contribution in [0.5, 0.6) is 0 Å². The van der Waals surface area contributed by atoms with E-state index in [1.54, 1.807) is 11.6 Å². The van der Waals surface area contributed by atoms with Crippen LogP contribution in [0.3, 0.4) is 0 Å². The first-order valence-corrected chi connectivity index (χ1v) is 10.5. The molecule has 146 valence electrons. The summed E-state index contributed by atoms with van der Waals surface area (Å²) in [6, 6.07) is 13.4. The quantitative estimate of drug-likeness (QED) is 0.724. The molecular formula is C22H25N3O2S. The van der Waals surface area contributed by atoms with Crippen molar-refractivity contribution in [1.82, 2.24) is 9.47 Å². The van der Waals surface area contributed by atoms with Crippen LogP contribution in [0.25, 0.3) is 10.2 Å². The lowest BCUT2D eigenvalue weighted by Gasteiger charge is -2.30. The van der Waals surface area contributed by atoms with E-state index in [2.05, 4.69) is 17.1 Å². The van der Waals surface area contributed by atoms with E-state index in [1.807, 2.05) is 42.5 Å². The van der Waals surface area contributed by atoms with Crippen LogP contribution in [0.4, 0.5) is 5.69 Å². The van der Waals surface area contributed by atoms with Gasteiger partial charge >= 0.3 is 4.87 Å². The van der Waals surface area contributed by atoms with Crippen molar-refractivity contribution in [1.29, 1.82) is 0 Å². The normalized spacial score (nSPS) is 17.7. The molecule has 0 radical (unpaired) electrons. The Balaban J connectivity index is 1.42. The summed E-state index contributed by atoms with van der Waals surface area (Å²) in [5, 5.41) is 2.93. The number of likely N-dealkylation sites (tertiary alicyclic amines) is 1. The molecule has 5 nitrogen and oxygen atoms in total. The fourth-order valence-corrected chi connectivity index (χ4v) is 4.78. The molecule has 0 spiro atoms. The van der Waals surface area contributed by atoms with Crippen LogP contribution in [-0.2, 0) is 13.6 Å². The van der Waals surface area contributed by atoms with Gasteiger partial charge in [-0.2, -0.15) is 0 Å². The van der Waals surface area contributed by atoms with Crippen molar-refractivity contribution in [2.45, 2.75) is 26.3 Å². The average Bonchev–Trinajstić information content (AvgIpc) is 2.96. The molecule has 28 heavy (non-hydrogen) atoms. The van der Waals surface area contributed by atoms with E-state index in [0.29, 0.717) is 11.3 Å². The number of amides is 1. The molecule has 1 aromatic heterocycles. The number of hydrogen-bond acceptors (Lipinski definition) is 4. The Morgan fingerprint density at radius 1 is 1.21 bits per heavy atom. The monoisotopic (exact) mass is 395 g/mol. The van der Waals surface area contributed by atoms with Crippen molar-refractivity contribution in [2.75, 3.05) is 18.4 Å². The van der Waals surface area contributed by atoms with Gasteiger partial charge in [0.05, 0.1) is 10.2 Å². The Morgan fingerprint density at radius 3 is 2.75 bits per heavy atom. The zero-order valence-corrected chi connectivity index (χ0v) is 17.1. The number of piperidine rings is 1. The van der Waals surface area contributed by atoms with Crippen LogP contribution >= 0.6 is 11.3 Å². The second-order valence-corrected chi connectivity index (χ2v) is 8.74. The van der Waals surface area contributed by atoms with Gasteiger partial charge in [0.1, 0.15) is 0 Å². The molecule has 0 bridgehead atoms. The molecule has 0 saturated carbocycles. The number of benzene rings is 2. The predicted molar refractivity (Wildman–Crippen MR) is 115 cm³/mol. The molecule has 3 aromatic rings. The molecule has 1 amide bonds. The van der Waals surface area contributed by atoms with Crippen LogP contribution in [-0.4, -0.2) is 28.5 Å². The van der Waals surface area contributed by atoms with Gasteiger partial charge in [-0.1, -0.05) is 30.4 Å². The zero-order valence-electron chi connectivity index (χ0n) is 16.3. The Labute approximate surface area is 168 Å². The molecule has 1 saturated heterocycles. The lowest BCUT2D eigenvalue weighted by atomic mass is 9.99. The molecule has 1 aliphatic heterocycles. The highest BCUT2D eigenvalue weighted by molar-refractivity contribution is 7.16. The summed E-state index contributed by atoms with van der Waals surface area (Å²) in [6.45, 7) is 5.55. The van der Waals surface area contributed by atoms with Crippen LogP contribution in [0.1, 0.15) is 35.7 Å². The Hall–Kier alpha value is -2.44. The summed E-state index contributed by atoms with van der Waals surface area (Å²) in [5.74, 6) is 0.625. The van der Waals surface area contributed by atoms with Crippen LogP contribution in [0, 0.1) is 5.92 Å². The van der Waals surface area contributed by atoms with Crippen LogP contribution in [0.2, 0.25) is 0 Å². The van der Waals surface area contributed by atoms with E-state index < -0.39 is 0 Å². The maximum Gasteiger partial charge on any atom is 0.307 e. The van der Waals surface area contributed by atoms with Gasteiger partial charge in [0, 0.05) is 31.4 Å². The second-order valence-electron chi connectivity index (χ2n) is 7.74. The number of anilines is 1. The number of aryl methyl sites for hydroxylation is 1. The molecule has 1 fully saturated rings. The highest BCUT2D eigenvalue weighted by atomic mass is 32.1. The highest BCUT2D eigenvalue weighted by Crippen LogP contribution is 2.22. The van der Waals surface area contributed by atoms with Crippen LogP contribution in [0.15, 0.2) is 47.3 Å². The largest absolute Gasteiger partial charge is 0.322 e. The third-order valence-electron chi connectivity index (χ3n) is 5.41. The van der Waals surface area contributed by atoms with Crippen molar-refractivity contribution in [3.8, 4) is 0 Å². The van der Waals surface area contributed by atoms with Gasteiger partial charge in [-0.25, -0.2) is 0 Å². The molecule has 6 heteroatoms. The summed E-state index contributed by atoms with van der Waals surface area (Å²) in [7, 11) is 1.76. The maximum atomic E-state index is 12.6. The van der Waals surface area contributed by atoms with E-state index in [0.717, 1.165) is 35.8 Å². The number of carbonyl (C=O) groups excluding carboxylic acids is 1. The van der Waals surface area contributed by atoms with Crippen LogP contribution < -0.4 is 10.2 Å². The number of nitrogens with zero attached hydrogens (tertiary/aromatic N) is 2. The number of thiazole rings is 1. The summed E-state index contributed by atoms with van der Waals surface area (Å²) in [6.07, 6.45) is 2.59. The third-order valence-corrected chi connectivity index (χ3v) is 6.41. The average molecular weight is 396 g/mol. The summed E-state index contributed by atoms with van der Waals surface area (Å²) >= 11 is 1.19. The van der Waals surface area contributed by atoms with Gasteiger partial charge in [0.15, 0.2) is 0 Å². The lowest BCUT2D eigenvalue weighted by molar-refractivity contribution is 0.102. The summed E-state index contributed by atoms with van der Waals surface area (Å²) in [5.41, 5.74) is 3.45. The van der Waals surface area contributed by atoms with Gasteiger partial charge in [0.2, 0.25) is 0 Å². The van der Waals surface area contributed by atoms with Gasteiger partial charge in [-0.3, -0.25) is 14.5 Å². The molecule has 0 aliphatic carbocycles. The molecule has 1 N–H and O–H groups in total. The molecule has 0 unspecified atom stereocenters. The van der Waals surface area contributed by atoms with Crippen molar-refractivity contribution < 1.29 is 4.79 Å². The molecular weight excluding hydrogens is 370 g/mol. The molecule has 1 aliphatic rings. The van der Waals surface area contributed by atoms with E-state index in [-0.39, 0.29) is 10.8 Å². The van der Waals surface area contributed by atoms with E-state index in [9.17, 15) is 9.59 Å². The van der Waals surface area contributed by atoms with E-state index >= 15 is 0 Å². The minimum Gasteiger partial charge on any atom is -0.322 e. The van der Waals surface area contributed by atoms with E-state index in [4.69, 9.17) is 0 Å². The fourth-order valence-electron chi connectivity index (χ4n) is 3.86. The summed E-state index contributed by atoms with van der Waals surface area (Å²) in [4.78, 5) is 26.8. The Kier molecular flexibility index (Phi) is 5.33. The SMILES string of the molecule is C[C@@H]1CCCN(Cc2ccc(C(=O)Nc3ccc4c(c3)sc(=O)n4C)cc2)C1. The van der Waals surface area contributed by atoms with Crippen molar-refractivity contribution >= 4 is 33.1 Å². The Bertz CT molecular complexity index is 1050. The first-order valence-electron chi connectivity index (χ1n) is 9.72. The smallest absolute Gasteiger partial charge is 0.307 e. The molecule has 2 aromatic carbocycles.